The number of unbranched alkanes of at least 4 members (excludes halogenated alkanes) is 24. The Balaban J connectivity index is 1.61. The third-order valence-corrected chi connectivity index (χ3v) is 9.31. The molecule has 0 aromatic heterocycles. The number of hydrogen-bond donors (Lipinski definition) is 0. The lowest BCUT2D eigenvalue weighted by Gasteiger charge is -2.12. The molecule has 0 fully saturated rings. The molecule has 2 aromatic rings. The number of hydrogen-bond acceptors (Lipinski definition) is 4. The maximum Gasteiger partial charge on any atom is 0.338 e. The van der Waals surface area contributed by atoms with Crippen molar-refractivity contribution in [2.75, 3.05) is 13.2 Å². The topological polar surface area (TPSA) is 52.6 Å². The lowest BCUT2D eigenvalue weighted by molar-refractivity contribution is 0.0498. The van der Waals surface area contributed by atoms with Crippen LogP contribution in [0.3, 0.4) is 0 Å². The van der Waals surface area contributed by atoms with Gasteiger partial charge in [0.1, 0.15) is 0 Å². The summed E-state index contributed by atoms with van der Waals surface area (Å²) < 4.78 is 11.3. The molecule has 260 valence electrons. The Kier molecular flexibility index (Phi) is 24.0. The van der Waals surface area contributed by atoms with Crippen molar-refractivity contribution in [2.24, 2.45) is 0 Å². The van der Waals surface area contributed by atoms with Crippen molar-refractivity contribution in [3.05, 3.63) is 47.5 Å². The zero-order valence-electron chi connectivity index (χ0n) is 29.9. The predicted octanol–water partition coefficient (Wildman–Crippen LogP) is 13.3. The van der Waals surface area contributed by atoms with Crippen molar-refractivity contribution in [2.45, 2.75) is 181 Å². The smallest absolute Gasteiger partial charge is 0.338 e. The van der Waals surface area contributed by atoms with Crippen LogP contribution in [-0.4, -0.2) is 25.2 Å². The molecule has 0 bridgehead atoms. The molecule has 0 saturated carbocycles. The zero-order chi connectivity index (χ0) is 32.9. The molecule has 0 heterocycles. The van der Waals surface area contributed by atoms with E-state index < -0.39 is 0 Å². The number of esters is 2. The molecule has 0 unspecified atom stereocenters. The second-order valence-electron chi connectivity index (χ2n) is 13.5. The van der Waals surface area contributed by atoms with Gasteiger partial charge in [-0.3, -0.25) is 0 Å². The molecule has 0 atom stereocenters. The Morgan fingerprint density at radius 2 is 0.696 bits per heavy atom. The van der Waals surface area contributed by atoms with Crippen LogP contribution in [0, 0.1) is 0 Å². The summed E-state index contributed by atoms with van der Waals surface area (Å²) in [7, 11) is 0. The van der Waals surface area contributed by atoms with Gasteiger partial charge in [0.05, 0.1) is 24.3 Å². The summed E-state index contributed by atoms with van der Waals surface area (Å²) in [5.74, 6) is -0.720. The monoisotopic (exact) mass is 637 g/mol. The third-order valence-electron chi connectivity index (χ3n) is 9.31. The van der Waals surface area contributed by atoms with E-state index in [1.54, 1.807) is 12.1 Å². The van der Waals surface area contributed by atoms with Crippen molar-refractivity contribution >= 4 is 22.7 Å². The summed E-state index contributed by atoms with van der Waals surface area (Å²) in [6.45, 7) is 5.37. The molecule has 0 aliphatic carbocycles. The number of rotatable bonds is 30. The van der Waals surface area contributed by atoms with Crippen LogP contribution < -0.4 is 0 Å². The number of fused-ring (bicyclic) bond motifs is 1. The average Bonchev–Trinajstić information content (AvgIpc) is 3.07. The number of carbonyl (C=O) groups excluding carboxylic acids is 2. The average molecular weight is 637 g/mol. The first-order valence-electron chi connectivity index (χ1n) is 19.5. The maximum atomic E-state index is 13.1. The van der Waals surface area contributed by atoms with Gasteiger partial charge < -0.3 is 9.47 Å². The van der Waals surface area contributed by atoms with Crippen LogP contribution in [0.4, 0.5) is 0 Å². The van der Waals surface area contributed by atoms with E-state index in [1.165, 1.54) is 141 Å². The second kappa shape index (κ2) is 27.7. The standard InChI is InChI=1S/C42H68O4/c1-3-5-7-9-11-13-15-17-18-20-22-24-26-28-36-46-42(44)39-34-30-32-37-31-29-33-38(40(37)39)41(43)45-35-27-25-23-21-19-16-14-12-10-8-6-4-2/h29-34H,3-28,35-36H2,1-2H3. The highest BCUT2D eigenvalue weighted by Crippen LogP contribution is 2.25. The van der Waals surface area contributed by atoms with E-state index in [0.717, 1.165) is 31.1 Å². The normalized spacial score (nSPS) is 11.3. The SMILES string of the molecule is CCCCCCCCCCCCCCCCOC(=O)c1cccc2cccc(C(=O)OCCCCCCCCCCCCCC)c12. The van der Waals surface area contributed by atoms with Crippen molar-refractivity contribution in [3.8, 4) is 0 Å². The van der Waals surface area contributed by atoms with Gasteiger partial charge in [0.25, 0.3) is 0 Å². The molecule has 0 saturated heterocycles. The van der Waals surface area contributed by atoms with E-state index in [4.69, 9.17) is 9.47 Å². The van der Waals surface area contributed by atoms with Gasteiger partial charge in [-0.2, -0.15) is 0 Å². The van der Waals surface area contributed by atoms with E-state index in [9.17, 15) is 9.59 Å². The Labute approximate surface area is 282 Å². The molecule has 4 nitrogen and oxygen atoms in total. The van der Waals surface area contributed by atoms with Crippen LogP contribution in [0.1, 0.15) is 202 Å². The fraction of sp³-hybridized carbons (Fsp3) is 0.714. The van der Waals surface area contributed by atoms with E-state index in [1.807, 2.05) is 24.3 Å². The summed E-state index contributed by atoms with van der Waals surface area (Å²) in [4.78, 5) is 26.1. The zero-order valence-corrected chi connectivity index (χ0v) is 29.9. The van der Waals surface area contributed by atoms with Crippen LogP contribution in [-0.2, 0) is 9.47 Å². The van der Waals surface area contributed by atoms with Crippen molar-refractivity contribution in [1.29, 1.82) is 0 Å². The fourth-order valence-electron chi connectivity index (χ4n) is 6.41. The molecule has 2 aromatic carbocycles. The summed E-state index contributed by atoms with van der Waals surface area (Å²) in [5, 5.41) is 1.49. The van der Waals surface area contributed by atoms with E-state index in [-0.39, 0.29) is 11.9 Å². The van der Waals surface area contributed by atoms with Gasteiger partial charge in [0.15, 0.2) is 0 Å². The van der Waals surface area contributed by atoms with Crippen LogP contribution in [0.5, 0.6) is 0 Å². The van der Waals surface area contributed by atoms with Crippen molar-refractivity contribution in [1.82, 2.24) is 0 Å². The molecule has 0 amide bonds. The minimum atomic E-state index is -0.360. The third kappa shape index (κ3) is 18.1. The summed E-state index contributed by atoms with van der Waals surface area (Å²) in [5.41, 5.74) is 0.890. The van der Waals surface area contributed by atoms with Crippen LogP contribution in [0.25, 0.3) is 10.8 Å². The lowest BCUT2D eigenvalue weighted by Crippen LogP contribution is -2.11. The van der Waals surface area contributed by atoms with Gasteiger partial charge in [-0.05, 0) is 30.4 Å². The minimum Gasteiger partial charge on any atom is -0.462 e. The Morgan fingerprint density at radius 3 is 1.00 bits per heavy atom. The molecule has 0 spiro atoms. The Bertz CT molecular complexity index is 1040. The maximum absolute atomic E-state index is 13.1. The number of benzene rings is 2. The molecule has 0 radical (unpaired) electrons. The highest BCUT2D eigenvalue weighted by molar-refractivity contribution is 6.13. The molecular weight excluding hydrogens is 568 g/mol. The molecule has 0 N–H and O–H groups in total. The van der Waals surface area contributed by atoms with Crippen molar-refractivity contribution in [3.63, 3.8) is 0 Å². The fourth-order valence-corrected chi connectivity index (χ4v) is 6.41. The minimum absolute atomic E-state index is 0.360. The van der Waals surface area contributed by atoms with Gasteiger partial charge in [-0.25, -0.2) is 9.59 Å². The molecule has 0 aliphatic rings. The van der Waals surface area contributed by atoms with Crippen LogP contribution >= 0.6 is 0 Å². The molecule has 46 heavy (non-hydrogen) atoms. The van der Waals surface area contributed by atoms with Gasteiger partial charge >= 0.3 is 11.9 Å². The van der Waals surface area contributed by atoms with Gasteiger partial charge in [-0.1, -0.05) is 192 Å². The molecule has 2 rings (SSSR count). The summed E-state index contributed by atoms with van der Waals surface area (Å²) in [6.07, 6.45) is 33.4. The lowest BCUT2D eigenvalue weighted by atomic mass is 9.99. The van der Waals surface area contributed by atoms with E-state index in [2.05, 4.69) is 13.8 Å². The first-order valence-corrected chi connectivity index (χ1v) is 19.5. The van der Waals surface area contributed by atoms with Crippen LogP contribution in [0.2, 0.25) is 0 Å². The van der Waals surface area contributed by atoms with E-state index >= 15 is 0 Å². The van der Waals surface area contributed by atoms with Crippen LogP contribution in [0.15, 0.2) is 36.4 Å². The highest BCUT2D eigenvalue weighted by atomic mass is 16.5. The van der Waals surface area contributed by atoms with Gasteiger partial charge in [0, 0.05) is 5.39 Å². The first kappa shape index (κ1) is 39.8. The number of carbonyl (C=O) groups is 2. The number of ether oxygens (including phenoxy) is 2. The molecule has 4 heteroatoms. The molecular formula is C42H68O4. The van der Waals surface area contributed by atoms with Gasteiger partial charge in [0.2, 0.25) is 0 Å². The summed E-state index contributed by atoms with van der Waals surface area (Å²) >= 11 is 0. The predicted molar refractivity (Wildman–Crippen MR) is 196 cm³/mol. The first-order chi connectivity index (χ1) is 22.7. The summed E-state index contributed by atoms with van der Waals surface area (Å²) in [6, 6.07) is 11.1. The van der Waals surface area contributed by atoms with Gasteiger partial charge in [-0.15, -0.1) is 0 Å². The largest absolute Gasteiger partial charge is 0.462 e. The Morgan fingerprint density at radius 1 is 0.413 bits per heavy atom. The quantitative estimate of drug-likeness (QED) is 0.0632. The second-order valence-corrected chi connectivity index (χ2v) is 13.5. The highest BCUT2D eigenvalue weighted by Gasteiger charge is 2.19. The Hall–Kier alpha value is -2.36. The van der Waals surface area contributed by atoms with E-state index in [0.29, 0.717) is 29.7 Å². The van der Waals surface area contributed by atoms with Crippen molar-refractivity contribution < 1.29 is 19.1 Å². The molecule has 0 aliphatic heterocycles.